The molecule has 1 rings (SSSR count). The van der Waals surface area contributed by atoms with Crippen LogP contribution in [0.15, 0.2) is 18.5 Å². The number of pyridine rings is 1. The second-order valence-corrected chi connectivity index (χ2v) is 2.86. The molecule has 0 spiro atoms. The molecule has 68 valence electrons. The van der Waals surface area contributed by atoms with Gasteiger partial charge in [-0.2, -0.15) is 0 Å². The van der Waals surface area contributed by atoms with E-state index in [0.717, 1.165) is 22.8 Å². The normalized spacial score (nSPS) is 10.6. The van der Waals surface area contributed by atoms with E-state index in [-0.39, 0.29) is 0 Å². The third-order valence-electron chi connectivity index (χ3n) is 1.78. The Morgan fingerprint density at radius 1 is 1.38 bits per heavy atom. The minimum atomic E-state index is -0.935. The lowest BCUT2D eigenvalue weighted by Gasteiger charge is -2.02. The third-order valence-corrected chi connectivity index (χ3v) is 1.78. The molecule has 0 saturated carbocycles. The van der Waals surface area contributed by atoms with Gasteiger partial charge in [-0.1, -0.05) is 0 Å². The molecule has 0 amide bonds. The van der Waals surface area contributed by atoms with Crippen LogP contribution in [0.25, 0.3) is 6.08 Å². The van der Waals surface area contributed by atoms with Crippen LogP contribution >= 0.6 is 0 Å². The van der Waals surface area contributed by atoms with Gasteiger partial charge in [0.15, 0.2) is 0 Å². The molecule has 0 aromatic carbocycles. The van der Waals surface area contributed by atoms with Gasteiger partial charge < -0.3 is 5.11 Å². The summed E-state index contributed by atoms with van der Waals surface area (Å²) in [6, 6.07) is 0. The van der Waals surface area contributed by atoms with E-state index in [2.05, 4.69) is 4.98 Å². The monoisotopic (exact) mass is 177 g/mol. The van der Waals surface area contributed by atoms with Crippen LogP contribution in [0, 0.1) is 13.8 Å². The van der Waals surface area contributed by atoms with Crippen molar-refractivity contribution >= 4 is 12.0 Å². The van der Waals surface area contributed by atoms with Gasteiger partial charge in [-0.25, -0.2) is 4.79 Å². The highest BCUT2D eigenvalue weighted by Crippen LogP contribution is 2.12. The number of aryl methyl sites for hydroxylation is 2. The lowest BCUT2D eigenvalue weighted by Crippen LogP contribution is -1.90. The average Bonchev–Trinajstić information content (AvgIpc) is 2.03. The van der Waals surface area contributed by atoms with Gasteiger partial charge in [0.2, 0.25) is 0 Å². The summed E-state index contributed by atoms with van der Waals surface area (Å²) in [6.07, 6.45) is 6.16. The van der Waals surface area contributed by atoms with Crippen LogP contribution in [-0.2, 0) is 4.79 Å². The third kappa shape index (κ3) is 2.40. The Bertz CT molecular complexity index is 336. The molecule has 0 aliphatic carbocycles. The van der Waals surface area contributed by atoms with Crippen molar-refractivity contribution in [1.82, 2.24) is 4.98 Å². The van der Waals surface area contributed by atoms with Gasteiger partial charge >= 0.3 is 5.97 Å². The van der Waals surface area contributed by atoms with Gasteiger partial charge in [0.25, 0.3) is 0 Å². The molecule has 0 aliphatic rings. The predicted octanol–water partition coefficient (Wildman–Crippen LogP) is 1.80. The van der Waals surface area contributed by atoms with E-state index < -0.39 is 5.97 Å². The molecule has 1 aromatic heterocycles. The molecule has 0 fully saturated rings. The van der Waals surface area contributed by atoms with Crippen LogP contribution in [0.2, 0.25) is 0 Å². The van der Waals surface area contributed by atoms with Gasteiger partial charge in [-0.05, 0) is 36.6 Å². The van der Waals surface area contributed by atoms with Crippen LogP contribution in [-0.4, -0.2) is 16.1 Å². The maximum absolute atomic E-state index is 10.3. The van der Waals surface area contributed by atoms with E-state index >= 15 is 0 Å². The number of carbonyl (C=O) groups is 1. The molecular formula is C10H11NO2. The van der Waals surface area contributed by atoms with Crippen LogP contribution in [0.4, 0.5) is 0 Å². The average molecular weight is 177 g/mol. The fourth-order valence-electron chi connectivity index (χ4n) is 1.13. The Morgan fingerprint density at radius 3 is 2.38 bits per heavy atom. The first-order valence-corrected chi connectivity index (χ1v) is 3.93. The second kappa shape index (κ2) is 3.85. The number of nitrogens with zero attached hydrogens (tertiary/aromatic N) is 1. The Kier molecular flexibility index (Phi) is 2.80. The van der Waals surface area contributed by atoms with Gasteiger partial charge in [-0.3, -0.25) is 4.98 Å². The van der Waals surface area contributed by atoms with Crippen molar-refractivity contribution in [2.24, 2.45) is 0 Å². The SMILES string of the molecule is Cc1cncc(C)c1C=CC(=O)O. The van der Waals surface area contributed by atoms with E-state index in [9.17, 15) is 4.79 Å². The van der Waals surface area contributed by atoms with Crippen LogP contribution in [0.1, 0.15) is 16.7 Å². The summed E-state index contributed by atoms with van der Waals surface area (Å²) in [5.41, 5.74) is 2.90. The van der Waals surface area contributed by atoms with E-state index in [1.54, 1.807) is 18.5 Å². The Morgan fingerprint density at radius 2 is 1.92 bits per heavy atom. The lowest BCUT2D eigenvalue weighted by molar-refractivity contribution is -0.131. The van der Waals surface area contributed by atoms with Crippen molar-refractivity contribution in [1.29, 1.82) is 0 Å². The zero-order valence-electron chi connectivity index (χ0n) is 7.61. The van der Waals surface area contributed by atoms with Gasteiger partial charge in [-0.15, -0.1) is 0 Å². The predicted molar refractivity (Wildman–Crippen MR) is 50.4 cm³/mol. The molecule has 0 saturated heterocycles. The number of carboxylic acids is 1. The van der Waals surface area contributed by atoms with Crippen molar-refractivity contribution in [3.8, 4) is 0 Å². The first kappa shape index (κ1) is 9.45. The zero-order chi connectivity index (χ0) is 9.84. The molecule has 0 aliphatic heterocycles. The Labute approximate surface area is 76.7 Å². The van der Waals surface area contributed by atoms with E-state index in [0.29, 0.717) is 0 Å². The molecule has 1 heterocycles. The molecule has 1 aromatic rings. The Hall–Kier alpha value is -1.64. The van der Waals surface area contributed by atoms with E-state index in [1.165, 1.54) is 0 Å². The van der Waals surface area contributed by atoms with Crippen molar-refractivity contribution in [3.05, 3.63) is 35.2 Å². The molecule has 13 heavy (non-hydrogen) atoms. The molecule has 3 nitrogen and oxygen atoms in total. The van der Waals surface area contributed by atoms with Crippen LogP contribution in [0.3, 0.4) is 0 Å². The zero-order valence-corrected chi connectivity index (χ0v) is 7.61. The fourth-order valence-corrected chi connectivity index (χ4v) is 1.13. The number of hydrogen-bond donors (Lipinski definition) is 1. The largest absolute Gasteiger partial charge is 0.478 e. The van der Waals surface area contributed by atoms with Crippen molar-refractivity contribution in [2.45, 2.75) is 13.8 Å². The summed E-state index contributed by atoms with van der Waals surface area (Å²) >= 11 is 0. The topological polar surface area (TPSA) is 50.2 Å². The summed E-state index contributed by atoms with van der Waals surface area (Å²) in [7, 11) is 0. The Balaban J connectivity index is 3.06. The number of carboxylic acid groups (broad SMARTS) is 1. The lowest BCUT2D eigenvalue weighted by atomic mass is 10.1. The summed E-state index contributed by atoms with van der Waals surface area (Å²) in [5, 5.41) is 8.45. The fraction of sp³-hybridized carbons (Fsp3) is 0.200. The summed E-state index contributed by atoms with van der Waals surface area (Å²) in [4.78, 5) is 14.3. The van der Waals surface area contributed by atoms with Gasteiger partial charge in [0, 0.05) is 18.5 Å². The quantitative estimate of drug-likeness (QED) is 0.701. The summed E-state index contributed by atoms with van der Waals surface area (Å²) < 4.78 is 0. The highest BCUT2D eigenvalue weighted by atomic mass is 16.4. The van der Waals surface area contributed by atoms with Crippen LogP contribution in [0.5, 0.6) is 0 Å². The van der Waals surface area contributed by atoms with E-state index in [1.807, 2.05) is 13.8 Å². The summed E-state index contributed by atoms with van der Waals surface area (Å²) in [6.45, 7) is 3.81. The first-order valence-electron chi connectivity index (χ1n) is 3.93. The molecule has 0 unspecified atom stereocenters. The van der Waals surface area contributed by atoms with E-state index in [4.69, 9.17) is 5.11 Å². The molecule has 0 radical (unpaired) electrons. The number of hydrogen-bond acceptors (Lipinski definition) is 2. The smallest absolute Gasteiger partial charge is 0.328 e. The standard InChI is InChI=1S/C10H11NO2/c1-7-5-11-6-8(2)9(7)3-4-10(12)13/h3-6H,1-2H3,(H,12,13). The number of aromatic nitrogens is 1. The molecule has 1 N–H and O–H groups in total. The summed E-state index contributed by atoms with van der Waals surface area (Å²) in [5.74, 6) is -0.935. The van der Waals surface area contributed by atoms with Crippen molar-refractivity contribution in [2.75, 3.05) is 0 Å². The second-order valence-electron chi connectivity index (χ2n) is 2.86. The number of rotatable bonds is 2. The highest BCUT2D eigenvalue weighted by molar-refractivity contribution is 5.85. The van der Waals surface area contributed by atoms with Crippen molar-refractivity contribution in [3.63, 3.8) is 0 Å². The molecular weight excluding hydrogens is 166 g/mol. The van der Waals surface area contributed by atoms with Gasteiger partial charge in [0.1, 0.15) is 0 Å². The maximum Gasteiger partial charge on any atom is 0.328 e. The maximum atomic E-state index is 10.3. The minimum Gasteiger partial charge on any atom is -0.478 e. The van der Waals surface area contributed by atoms with Gasteiger partial charge in [0.05, 0.1) is 0 Å². The molecule has 3 heteroatoms. The molecule has 0 atom stereocenters. The highest BCUT2D eigenvalue weighted by Gasteiger charge is 1.98. The molecule has 0 bridgehead atoms. The minimum absolute atomic E-state index is 0.928. The number of aliphatic carboxylic acids is 1. The van der Waals surface area contributed by atoms with Crippen LogP contribution < -0.4 is 0 Å². The first-order chi connectivity index (χ1) is 6.11. The van der Waals surface area contributed by atoms with Crippen molar-refractivity contribution < 1.29 is 9.90 Å².